The van der Waals surface area contributed by atoms with Crippen molar-refractivity contribution in [1.29, 1.82) is 0 Å². The van der Waals surface area contributed by atoms with E-state index in [1.165, 1.54) is 57.8 Å². The average molecular weight is 389 g/mol. The fourth-order valence-electron chi connectivity index (χ4n) is 3.64. The van der Waals surface area contributed by atoms with Crippen LogP contribution in [0.5, 0.6) is 0 Å². The van der Waals surface area contributed by atoms with Gasteiger partial charge in [0.1, 0.15) is 0 Å². The van der Waals surface area contributed by atoms with Gasteiger partial charge in [-0.3, -0.25) is 0 Å². The summed E-state index contributed by atoms with van der Waals surface area (Å²) >= 11 is -1.98. The van der Waals surface area contributed by atoms with Crippen molar-refractivity contribution in [3.8, 4) is 0 Å². The molecule has 0 heterocycles. The van der Waals surface area contributed by atoms with Crippen molar-refractivity contribution in [3.63, 3.8) is 0 Å². The standard InChI is InChI=1S/3C5H11.C4H9.Sn/c3*1-3-5-4-2;1-4(2)3;/h3*1,3-5H2,2H3;1-3H3;. The molecule has 0 aliphatic heterocycles. The van der Waals surface area contributed by atoms with Crippen LogP contribution in [-0.4, -0.2) is 18.4 Å². The summed E-state index contributed by atoms with van der Waals surface area (Å²) in [5.74, 6) is 0. The quantitative estimate of drug-likeness (QED) is 0.236. The van der Waals surface area contributed by atoms with E-state index in [2.05, 4.69) is 41.5 Å². The molecule has 0 aromatic rings. The Morgan fingerprint density at radius 3 is 1.05 bits per heavy atom. The van der Waals surface area contributed by atoms with Crippen LogP contribution < -0.4 is 0 Å². The van der Waals surface area contributed by atoms with Crippen LogP contribution in [0.4, 0.5) is 0 Å². The molecular weight excluding hydrogens is 347 g/mol. The van der Waals surface area contributed by atoms with Crippen LogP contribution in [0.2, 0.25) is 16.7 Å². The molecule has 20 heavy (non-hydrogen) atoms. The predicted octanol–water partition coefficient (Wildman–Crippen LogP) is 7.81. The topological polar surface area (TPSA) is 0 Å². The van der Waals surface area contributed by atoms with E-state index in [-0.39, 0.29) is 0 Å². The second-order valence-corrected chi connectivity index (χ2v) is 23.8. The minimum atomic E-state index is -1.98. The van der Waals surface area contributed by atoms with Gasteiger partial charge in [-0.15, -0.1) is 0 Å². The van der Waals surface area contributed by atoms with Gasteiger partial charge in [0.2, 0.25) is 0 Å². The Morgan fingerprint density at radius 2 is 0.850 bits per heavy atom. The van der Waals surface area contributed by atoms with Gasteiger partial charge in [0.15, 0.2) is 0 Å². The summed E-state index contributed by atoms with van der Waals surface area (Å²) in [5.41, 5.74) is 0. The van der Waals surface area contributed by atoms with Crippen LogP contribution in [0.15, 0.2) is 0 Å². The van der Waals surface area contributed by atoms with E-state index in [4.69, 9.17) is 0 Å². The number of hydrogen-bond acceptors (Lipinski definition) is 0. The first-order chi connectivity index (χ1) is 9.43. The van der Waals surface area contributed by atoms with E-state index < -0.39 is 18.4 Å². The van der Waals surface area contributed by atoms with Crippen LogP contribution in [0, 0.1) is 0 Å². The second-order valence-electron chi connectivity index (χ2n) is 7.90. The van der Waals surface area contributed by atoms with Crippen molar-refractivity contribution in [3.05, 3.63) is 0 Å². The first-order valence-electron chi connectivity index (χ1n) is 9.43. The summed E-state index contributed by atoms with van der Waals surface area (Å²) in [5, 5.41) is 0. The second kappa shape index (κ2) is 11.4. The Hall–Kier alpha value is 0.799. The Labute approximate surface area is 134 Å². The van der Waals surface area contributed by atoms with Gasteiger partial charge in [0.05, 0.1) is 0 Å². The van der Waals surface area contributed by atoms with E-state index in [0.29, 0.717) is 3.43 Å². The molecule has 0 unspecified atom stereocenters. The van der Waals surface area contributed by atoms with Crippen LogP contribution >= 0.6 is 0 Å². The van der Waals surface area contributed by atoms with E-state index in [1.807, 2.05) is 0 Å². The van der Waals surface area contributed by atoms with Crippen molar-refractivity contribution >= 4 is 18.4 Å². The van der Waals surface area contributed by atoms with Crippen LogP contribution in [-0.2, 0) is 0 Å². The van der Waals surface area contributed by atoms with Crippen molar-refractivity contribution in [1.82, 2.24) is 0 Å². The molecule has 0 aromatic carbocycles. The van der Waals surface area contributed by atoms with Gasteiger partial charge in [0, 0.05) is 0 Å². The first kappa shape index (κ1) is 20.8. The summed E-state index contributed by atoms with van der Waals surface area (Å²) in [4.78, 5) is 0. The Morgan fingerprint density at radius 1 is 0.550 bits per heavy atom. The molecule has 0 bridgehead atoms. The molecule has 0 spiro atoms. The molecule has 0 radical (unpaired) electrons. The SMILES string of the molecule is CCCC[CH2][Sn]([CH2]CCCC)([CH2]CCCC)[C](C)(C)C. The fraction of sp³-hybridized carbons (Fsp3) is 1.00. The van der Waals surface area contributed by atoms with E-state index >= 15 is 0 Å². The van der Waals surface area contributed by atoms with Gasteiger partial charge < -0.3 is 0 Å². The molecule has 0 rings (SSSR count). The fourth-order valence-corrected chi connectivity index (χ4v) is 20.1. The average Bonchev–Trinajstić information content (AvgIpc) is 2.37. The molecule has 122 valence electrons. The predicted molar refractivity (Wildman–Crippen MR) is 98.5 cm³/mol. The monoisotopic (exact) mass is 390 g/mol. The van der Waals surface area contributed by atoms with Gasteiger partial charge in [-0.25, -0.2) is 0 Å². The van der Waals surface area contributed by atoms with Crippen molar-refractivity contribution in [2.45, 2.75) is 116 Å². The van der Waals surface area contributed by atoms with Crippen LogP contribution in [0.1, 0.15) is 99.3 Å². The number of hydrogen-bond donors (Lipinski definition) is 0. The third kappa shape index (κ3) is 7.71. The zero-order chi connectivity index (χ0) is 15.5. The maximum atomic E-state index is 2.59. The molecule has 0 saturated heterocycles. The maximum absolute atomic E-state index is 2.59. The van der Waals surface area contributed by atoms with Crippen LogP contribution in [0.3, 0.4) is 0 Å². The van der Waals surface area contributed by atoms with Gasteiger partial charge >= 0.3 is 134 Å². The zero-order valence-corrected chi connectivity index (χ0v) is 18.3. The Balaban J connectivity index is 4.77. The minimum absolute atomic E-state index is 0.671. The van der Waals surface area contributed by atoms with Gasteiger partial charge in [-0.05, 0) is 0 Å². The molecule has 0 aliphatic rings. The molecule has 0 aromatic heterocycles. The molecule has 1 heteroatoms. The summed E-state index contributed by atoms with van der Waals surface area (Å²) < 4.78 is 5.67. The zero-order valence-electron chi connectivity index (χ0n) is 15.5. The van der Waals surface area contributed by atoms with Gasteiger partial charge in [0.25, 0.3) is 0 Å². The molecule has 0 saturated carbocycles. The normalized spacial score (nSPS) is 12.9. The van der Waals surface area contributed by atoms with Crippen molar-refractivity contribution in [2.75, 3.05) is 0 Å². The third-order valence-corrected chi connectivity index (χ3v) is 25.7. The van der Waals surface area contributed by atoms with Crippen molar-refractivity contribution < 1.29 is 0 Å². The van der Waals surface area contributed by atoms with E-state index in [0.717, 1.165) is 0 Å². The molecule has 0 amide bonds. The van der Waals surface area contributed by atoms with Crippen LogP contribution in [0.25, 0.3) is 0 Å². The van der Waals surface area contributed by atoms with Gasteiger partial charge in [-0.1, -0.05) is 0 Å². The van der Waals surface area contributed by atoms with E-state index in [9.17, 15) is 0 Å². The summed E-state index contributed by atoms with van der Waals surface area (Å²) in [6, 6.07) is 0. The number of unbranched alkanes of at least 4 members (excludes halogenated alkanes) is 6. The molecular formula is C19H42Sn. The Kier molecular flexibility index (Phi) is 11.8. The third-order valence-electron chi connectivity index (χ3n) is 5.37. The molecule has 0 atom stereocenters. The summed E-state index contributed by atoms with van der Waals surface area (Å²) in [6.07, 6.45) is 13.2. The summed E-state index contributed by atoms with van der Waals surface area (Å²) in [7, 11) is 0. The molecule has 0 aliphatic carbocycles. The Bertz CT molecular complexity index is 188. The van der Waals surface area contributed by atoms with E-state index in [1.54, 1.807) is 13.3 Å². The van der Waals surface area contributed by atoms with Crippen molar-refractivity contribution in [2.24, 2.45) is 0 Å². The van der Waals surface area contributed by atoms with Gasteiger partial charge in [-0.2, -0.15) is 0 Å². The first-order valence-corrected chi connectivity index (χ1v) is 16.9. The molecule has 0 nitrogen and oxygen atoms in total. The number of rotatable bonds is 12. The summed E-state index contributed by atoms with van der Waals surface area (Å²) in [6.45, 7) is 14.8. The molecule has 0 fully saturated rings. The molecule has 0 N–H and O–H groups in total.